The molecule has 2 aromatic heterocycles. The van der Waals surface area contributed by atoms with Gasteiger partial charge in [0.2, 0.25) is 5.91 Å². The molecule has 1 aliphatic carbocycles. The fourth-order valence-corrected chi connectivity index (χ4v) is 5.38. The van der Waals surface area contributed by atoms with Gasteiger partial charge in [-0.3, -0.25) is 14.5 Å². The molecular weight excluding hydrogens is 433 g/mol. The predicted octanol–water partition coefficient (Wildman–Crippen LogP) is 3.10. The van der Waals surface area contributed by atoms with Crippen LogP contribution in [0.5, 0.6) is 0 Å². The number of halogens is 1. The second-order valence-corrected chi connectivity index (χ2v) is 8.95. The largest absolute Gasteiger partial charge is 0.325 e. The van der Waals surface area contributed by atoms with E-state index in [-0.39, 0.29) is 5.82 Å². The second-order valence-electron chi connectivity index (χ2n) is 7.95. The van der Waals surface area contributed by atoms with E-state index >= 15 is 0 Å². The van der Waals surface area contributed by atoms with Gasteiger partial charge >= 0.3 is 6.03 Å². The van der Waals surface area contributed by atoms with Crippen molar-refractivity contribution in [3.63, 3.8) is 0 Å². The number of aryl methyl sites for hydroxylation is 2. The first-order chi connectivity index (χ1) is 15.4. The summed E-state index contributed by atoms with van der Waals surface area (Å²) in [4.78, 5) is 40.8. The van der Waals surface area contributed by atoms with Crippen molar-refractivity contribution in [2.45, 2.75) is 31.7 Å². The molecule has 32 heavy (non-hydrogen) atoms. The van der Waals surface area contributed by atoms with Crippen molar-refractivity contribution in [2.75, 3.05) is 11.9 Å². The van der Waals surface area contributed by atoms with Gasteiger partial charge in [0.25, 0.3) is 5.91 Å². The van der Waals surface area contributed by atoms with Crippen LogP contribution in [-0.4, -0.2) is 39.1 Å². The van der Waals surface area contributed by atoms with Crippen LogP contribution in [0.4, 0.5) is 15.0 Å². The zero-order chi connectivity index (χ0) is 22.5. The number of imide groups is 1. The molecule has 1 atom stereocenters. The fourth-order valence-electron chi connectivity index (χ4n) is 4.38. The molecule has 1 unspecified atom stereocenters. The van der Waals surface area contributed by atoms with Gasteiger partial charge in [0.15, 0.2) is 0 Å². The van der Waals surface area contributed by atoms with Gasteiger partial charge in [-0.25, -0.2) is 13.9 Å². The highest BCUT2D eigenvalue weighted by Crippen LogP contribution is 2.42. The molecular formula is C22H20FN5O3S. The standard InChI is InChI=1S/C22H20FN5O3S/c1-13-11-18(28(26-13)15-6-4-14(23)5-7-15)24-19(29)12-27-20(30)22(25-21(27)31)9-2-3-17-16(22)8-10-32-17/h4-8,10-11H,2-3,9,12H2,1H3,(H,24,29)(H,25,31). The summed E-state index contributed by atoms with van der Waals surface area (Å²) in [6.45, 7) is 1.35. The third-order valence-corrected chi connectivity index (χ3v) is 6.79. The molecule has 8 nitrogen and oxygen atoms in total. The molecule has 1 aromatic carbocycles. The van der Waals surface area contributed by atoms with E-state index in [1.165, 1.54) is 16.8 Å². The third kappa shape index (κ3) is 3.27. The summed E-state index contributed by atoms with van der Waals surface area (Å²) < 4.78 is 14.7. The molecule has 0 saturated carbocycles. The summed E-state index contributed by atoms with van der Waals surface area (Å²) in [5.74, 6) is -0.957. The number of hydrogen-bond acceptors (Lipinski definition) is 5. The summed E-state index contributed by atoms with van der Waals surface area (Å²) in [5.41, 5.74) is 0.957. The molecule has 1 spiro atoms. The lowest BCUT2D eigenvalue weighted by Crippen LogP contribution is -2.46. The van der Waals surface area contributed by atoms with Gasteiger partial charge in [-0.15, -0.1) is 11.3 Å². The number of nitrogens with one attached hydrogen (secondary N) is 2. The van der Waals surface area contributed by atoms with E-state index in [0.29, 0.717) is 23.6 Å². The van der Waals surface area contributed by atoms with E-state index in [4.69, 9.17) is 0 Å². The van der Waals surface area contributed by atoms with E-state index in [1.54, 1.807) is 36.5 Å². The number of amides is 4. The van der Waals surface area contributed by atoms with E-state index in [0.717, 1.165) is 28.2 Å². The number of benzene rings is 1. The van der Waals surface area contributed by atoms with Crippen LogP contribution in [0.15, 0.2) is 41.8 Å². The Hall–Kier alpha value is -3.53. The average molecular weight is 453 g/mol. The first kappa shape index (κ1) is 20.4. The number of aromatic nitrogens is 2. The van der Waals surface area contributed by atoms with Crippen LogP contribution in [0.2, 0.25) is 0 Å². The Bertz CT molecular complexity index is 1230. The molecule has 164 valence electrons. The van der Waals surface area contributed by atoms with Crippen LogP contribution >= 0.6 is 11.3 Å². The molecule has 0 bridgehead atoms. The maximum Gasteiger partial charge on any atom is 0.325 e. The molecule has 1 saturated heterocycles. The van der Waals surface area contributed by atoms with Crippen LogP contribution in [0.1, 0.15) is 29.0 Å². The van der Waals surface area contributed by atoms with Crippen molar-refractivity contribution in [2.24, 2.45) is 0 Å². The molecule has 3 aromatic rings. The third-order valence-electron chi connectivity index (χ3n) is 5.81. The average Bonchev–Trinajstić information content (AvgIpc) is 3.44. The van der Waals surface area contributed by atoms with E-state index in [9.17, 15) is 18.8 Å². The van der Waals surface area contributed by atoms with Crippen molar-refractivity contribution < 1.29 is 18.8 Å². The first-order valence-corrected chi connectivity index (χ1v) is 11.1. The zero-order valence-electron chi connectivity index (χ0n) is 17.2. The minimum atomic E-state index is -1.09. The maximum atomic E-state index is 13.3. The first-order valence-electron chi connectivity index (χ1n) is 10.2. The minimum absolute atomic E-state index is 0.360. The SMILES string of the molecule is Cc1cc(NC(=O)CN2C(=O)NC3(CCCc4sccc43)C2=O)n(-c2ccc(F)cc2)n1. The minimum Gasteiger partial charge on any atom is -0.319 e. The Balaban J connectivity index is 1.35. The Morgan fingerprint density at radius 2 is 2.06 bits per heavy atom. The highest BCUT2D eigenvalue weighted by Gasteiger charge is 2.54. The molecule has 3 heterocycles. The number of nitrogens with zero attached hydrogens (tertiary/aromatic N) is 3. The summed E-state index contributed by atoms with van der Waals surface area (Å²) >= 11 is 1.57. The van der Waals surface area contributed by atoms with Crippen LogP contribution in [-0.2, 0) is 21.5 Å². The topological polar surface area (TPSA) is 96.3 Å². The monoisotopic (exact) mass is 453 g/mol. The number of hydrogen-bond donors (Lipinski definition) is 2. The lowest BCUT2D eigenvalue weighted by molar-refractivity contribution is -0.134. The fraction of sp³-hybridized carbons (Fsp3) is 0.273. The molecule has 4 amide bonds. The van der Waals surface area contributed by atoms with E-state index < -0.39 is 29.9 Å². The number of carbonyl (C=O) groups excluding carboxylic acids is 3. The van der Waals surface area contributed by atoms with Gasteiger partial charge in [0, 0.05) is 16.5 Å². The van der Waals surface area contributed by atoms with Crippen molar-refractivity contribution in [1.29, 1.82) is 0 Å². The van der Waals surface area contributed by atoms with Crippen molar-refractivity contribution in [3.05, 3.63) is 63.7 Å². The van der Waals surface area contributed by atoms with Crippen LogP contribution < -0.4 is 10.6 Å². The van der Waals surface area contributed by atoms with Gasteiger partial charge < -0.3 is 10.6 Å². The molecule has 5 rings (SSSR count). The Labute approximate surface area is 187 Å². The predicted molar refractivity (Wildman–Crippen MR) is 116 cm³/mol. The highest BCUT2D eigenvalue weighted by atomic mass is 32.1. The quantitative estimate of drug-likeness (QED) is 0.594. The molecule has 10 heteroatoms. The summed E-state index contributed by atoms with van der Waals surface area (Å²) in [7, 11) is 0. The lowest BCUT2D eigenvalue weighted by atomic mass is 9.80. The number of rotatable bonds is 4. The van der Waals surface area contributed by atoms with E-state index in [1.807, 2.05) is 11.4 Å². The summed E-state index contributed by atoms with van der Waals surface area (Å²) in [5, 5.41) is 11.8. The van der Waals surface area contributed by atoms with Gasteiger partial charge in [-0.1, -0.05) is 0 Å². The molecule has 1 fully saturated rings. The van der Waals surface area contributed by atoms with Gasteiger partial charge in [-0.05, 0) is 61.9 Å². The lowest BCUT2D eigenvalue weighted by Gasteiger charge is -2.31. The smallest absolute Gasteiger partial charge is 0.319 e. The Kier molecular flexibility index (Phi) is 4.81. The number of anilines is 1. The van der Waals surface area contributed by atoms with Crippen LogP contribution in [0, 0.1) is 12.7 Å². The zero-order valence-corrected chi connectivity index (χ0v) is 18.0. The molecule has 2 aliphatic rings. The van der Waals surface area contributed by atoms with Gasteiger partial charge in [0.05, 0.1) is 11.4 Å². The molecule has 0 radical (unpaired) electrons. The Morgan fingerprint density at radius 3 is 2.84 bits per heavy atom. The molecule has 2 N–H and O–H groups in total. The van der Waals surface area contributed by atoms with Gasteiger partial charge in [0.1, 0.15) is 23.7 Å². The number of fused-ring (bicyclic) bond motifs is 2. The summed E-state index contributed by atoms with van der Waals surface area (Å²) in [6.07, 6.45) is 2.18. The number of carbonyl (C=O) groups is 3. The van der Waals surface area contributed by atoms with Crippen molar-refractivity contribution in [1.82, 2.24) is 20.0 Å². The molecule has 1 aliphatic heterocycles. The Morgan fingerprint density at radius 1 is 1.28 bits per heavy atom. The normalized spacial score (nSPS) is 19.9. The number of thiophene rings is 1. The number of urea groups is 1. The van der Waals surface area contributed by atoms with Crippen LogP contribution in [0.3, 0.4) is 0 Å². The highest BCUT2D eigenvalue weighted by molar-refractivity contribution is 7.10. The van der Waals surface area contributed by atoms with Crippen LogP contribution in [0.25, 0.3) is 5.69 Å². The summed E-state index contributed by atoms with van der Waals surface area (Å²) in [6, 6.07) is 8.65. The van der Waals surface area contributed by atoms with Crippen molar-refractivity contribution >= 4 is 35.0 Å². The van der Waals surface area contributed by atoms with E-state index in [2.05, 4.69) is 15.7 Å². The second kappa shape index (κ2) is 7.56. The maximum absolute atomic E-state index is 13.3. The van der Waals surface area contributed by atoms with Gasteiger partial charge in [-0.2, -0.15) is 5.10 Å². The van der Waals surface area contributed by atoms with Crippen molar-refractivity contribution in [3.8, 4) is 5.69 Å².